The molecule has 0 saturated heterocycles. The van der Waals surface area contributed by atoms with Gasteiger partial charge in [0.25, 0.3) is 0 Å². The summed E-state index contributed by atoms with van der Waals surface area (Å²) >= 11 is 0. The molecule has 1 unspecified atom stereocenters. The summed E-state index contributed by atoms with van der Waals surface area (Å²) in [5, 5.41) is 3.71. The number of benzene rings is 2. The highest BCUT2D eigenvalue weighted by molar-refractivity contribution is 5.57. The molecular formula is C22H23NO. The van der Waals surface area contributed by atoms with Crippen molar-refractivity contribution in [3.63, 3.8) is 0 Å². The first-order valence-electron chi connectivity index (χ1n) is 8.85. The maximum Gasteiger partial charge on any atom is 0.134 e. The van der Waals surface area contributed by atoms with Crippen molar-refractivity contribution in [3.8, 4) is 11.3 Å². The summed E-state index contributed by atoms with van der Waals surface area (Å²) in [6.45, 7) is 0.770. The molecule has 1 N–H and O–H groups in total. The highest BCUT2D eigenvalue weighted by Gasteiger charge is 2.18. The zero-order valence-corrected chi connectivity index (χ0v) is 13.9. The molecule has 1 aliphatic rings. The van der Waals surface area contributed by atoms with Crippen molar-refractivity contribution in [2.75, 3.05) is 0 Å². The Bertz CT molecular complexity index is 790. The molecule has 0 radical (unpaired) electrons. The number of fused-ring (bicyclic) bond motifs is 1. The largest absolute Gasteiger partial charge is 0.460 e. The summed E-state index contributed by atoms with van der Waals surface area (Å²) in [4.78, 5) is 0. The van der Waals surface area contributed by atoms with Gasteiger partial charge in [0.2, 0.25) is 0 Å². The Balaban J connectivity index is 1.47. The Hall–Kier alpha value is -2.32. The molecule has 0 aliphatic heterocycles. The predicted octanol–water partition coefficient (Wildman–Crippen LogP) is 5.50. The van der Waals surface area contributed by atoms with E-state index in [9.17, 15) is 0 Å². The Morgan fingerprint density at radius 2 is 1.71 bits per heavy atom. The van der Waals surface area contributed by atoms with Crippen LogP contribution in [-0.4, -0.2) is 0 Å². The smallest absolute Gasteiger partial charge is 0.134 e. The summed E-state index contributed by atoms with van der Waals surface area (Å²) < 4.78 is 6.02. The summed E-state index contributed by atoms with van der Waals surface area (Å²) in [7, 11) is 0. The van der Waals surface area contributed by atoms with Gasteiger partial charge in [-0.1, -0.05) is 61.0 Å². The molecule has 0 spiro atoms. The average Bonchev–Trinajstić information content (AvgIpc) is 3.02. The van der Waals surface area contributed by atoms with Crippen molar-refractivity contribution >= 4 is 0 Å². The number of hydrogen-bond acceptors (Lipinski definition) is 2. The second-order valence-corrected chi connectivity index (χ2v) is 6.51. The number of aryl methyl sites for hydroxylation is 1. The number of hydrogen-bond donors (Lipinski definition) is 1. The van der Waals surface area contributed by atoms with E-state index in [0.717, 1.165) is 23.6 Å². The van der Waals surface area contributed by atoms with Gasteiger partial charge in [-0.3, -0.25) is 0 Å². The highest BCUT2D eigenvalue weighted by Crippen LogP contribution is 2.29. The molecule has 122 valence electrons. The van der Waals surface area contributed by atoms with Crippen LogP contribution in [0.3, 0.4) is 0 Å². The predicted molar refractivity (Wildman–Crippen MR) is 97.7 cm³/mol. The first-order valence-corrected chi connectivity index (χ1v) is 8.85. The van der Waals surface area contributed by atoms with E-state index in [1.54, 1.807) is 0 Å². The van der Waals surface area contributed by atoms with E-state index in [1.165, 1.54) is 36.8 Å². The van der Waals surface area contributed by atoms with E-state index in [-0.39, 0.29) is 0 Å². The first-order chi connectivity index (χ1) is 11.9. The monoisotopic (exact) mass is 317 g/mol. The summed E-state index contributed by atoms with van der Waals surface area (Å²) in [6, 6.07) is 23.7. The van der Waals surface area contributed by atoms with Gasteiger partial charge in [0.1, 0.15) is 11.5 Å². The standard InChI is InChI=1S/C22H23NO/c1-2-10-18(11-3-1)22-15-14-19(24-22)16-23-21-13-7-5-9-17-8-4-6-12-20(17)21/h1-4,6,8,10-12,14-15,21,23H,5,7,9,13,16H2. The van der Waals surface area contributed by atoms with Crippen LogP contribution in [0.4, 0.5) is 0 Å². The van der Waals surface area contributed by atoms with Crippen molar-refractivity contribution in [1.82, 2.24) is 5.32 Å². The molecule has 0 bridgehead atoms. The second kappa shape index (κ2) is 7.06. The third-order valence-electron chi connectivity index (χ3n) is 4.86. The van der Waals surface area contributed by atoms with Gasteiger partial charge >= 0.3 is 0 Å². The minimum absolute atomic E-state index is 0.425. The van der Waals surface area contributed by atoms with Crippen LogP contribution in [-0.2, 0) is 13.0 Å². The van der Waals surface area contributed by atoms with Gasteiger partial charge in [-0.25, -0.2) is 0 Å². The van der Waals surface area contributed by atoms with E-state index >= 15 is 0 Å². The molecule has 24 heavy (non-hydrogen) atoms. The zero-order chi connectivity index (χ0) is 16.2. The fourth-order valence-electron chi connectivity index (χ4n) is 3.59. The SMILES string of the molecule is c1ccc(-c2ccc(CNC3CCCCc4ccccc43)o2)cc1. The third kappa shape index (κ3) is 3.29. The molecule has 2 aromatic carbocycles. The molecule has 0 saturated carbocycles. The van der Waals surface area contributed by atoms with Crippen LogP contribution in [0.1, 0.15) is 42.2 Å². The summed E-state index contributed by atoms with van der Waals surface area (Å²) in [5.74, 6) is 1.93. The Kier molecular flexibility index (Phi) is 4.48. The number of nitrogens with one attached hydrogen (secondary N) is 1. The van der Waals surface area contributed by atoms with Crippen molar-refractivity contribution in [3.05, 3.63) is 83.6 Å². The lowest BCUT2D eigenvalue weighted by Gasteiger charge is -2.18. The third-order valence-corrected chi connectivity index (χ3v) is 4.86. The van der Waals surface area contributed by atoms with Crippen LogP contribution in [0.25, 0.3) is 11.3 Å². The van der Waals surface area contributed by atoms with Gasteiger partial charge < -0.3 is 9.73 Å². The van der Waals surface area contributed by atoms with E-state index in [2.05, 4.69) is 53.8 Å². The van der Waals surface area contributed by atoms with E-state index in [0.29, 0.717) is 6.04 Å². The average molecular weight is 317 g/mol. The zero-order valence-electron chi connectivity index (χ0n) is 13.9. The minimum Gasteiger partial charge on any atom is -0.460 e. The van der Waals surface area contributed by atoms with Gasteiger partial charge in [0, 0.05) is 11.6 Å². The number of furan rings is 1. The van der Waals surface area contributed by atoms with Crippen LogP contribution >= 0.6 is 0 Å². The quantitative estimate of drug-likeness (QED) is 0.642. The topological polar surface area (TPSA) is 25.2 Å². The minimum atomic E-state index is 0.425. The van der Waals surface area contributed by atoms with Crippen molar-refractivity contribution < 1.29 is 4.42 Å². The maximum atomic E-state index is 6.02. The van der Waals surface area contributed by atoms with Crippen LogP contribution in [0.15, 0.2) is 71.1 Å². The number of rotatable bonds is 4. The molecule has 2 heteroatoms. The van der Waals surface area contributed by atoms with Crippen LogP contribution in [0.2, 0.25) is 0 Å². The summed E-state index contributed by atoms with van der Waals surface area (Å²) in [5.41, 5.74) is 4.09. The van der Waals surface area contributed by atoms with Crippen molar-refractivity contribution in [2.24, 2.45) is 0 Å². The lowest BCUT2D eigenvalue weighted by molar-refractivity contribution is 0.437. The molecule has 4 rings (SSSR count). The Morgan fingerprint density at radius 3 is 2.62 bits per heavy atom. The second-order valence-electron chi connectivity index (χ2n) is 6.51. The maximum absolute atomic E-state index is 6.02. The molecule has 1 heterocycles. The Morgan fingerprint density at radius 1 is 0.875 bits per heavy atom. The van der Waals surface area contributed by atoms with Gasteiger partial charge in [0.15, 0.2) is 0 Å². The molecule has 2 nitrogen and oxygen atoms in total. The molecule has 1 aliphatic carbocycles. The van der Waals surface area contributed by atoms with Crippen LogP contribution in [0.5, 0.6) is 0 Å². The highest BCUT2D eigenvalue weighted by atomic mass is 16.3. The van der Waals surface area contributed by atoms with E-state index in [4.69, 9.17) is 4.42 Å². The molecule has 1 atom stereocenters. The molecule has 3 aromatic rings. The molecule has 1 aromatic heterocycles. The van der Waals surface area contributed by atoms with Gasteiger partial charge in [-0.2, -0.15) is 0 Å². The van der Waals surface area contributed by atoms with Crippen molar-refractivity contribution in [1.29, 1.82) is 0 Å². The van der Waals surface area contributed by atoms with E-state index < -0.39 is 0 Å². The molecule has 0 amide bonds. The fourth-order valence-corrected chi connectivity index (χ4v) is 3.59. The molecular weight excluding hydrogens is 294 g/mol. The van der Waals surface area contributed by atoms with Crippen LogP contribution in [0, 0.1) is 0 Å². The normalized spacial score (nSPS) is 17.2. The Labute approximate surface area is 143 Å². The lowest BCUT2D eigenvalue weighted by atomic mass is 9.99. The van der Waals surface area contributed by atoms with Crippen LogP contribution < -0.4 is 5.32 Å². The summed E-state index contributed by atoms with van der Waals surface area (Å²) in [6.07, 6.45) is 4.96. The van der Waals surface area contributed by atoms with E-state index in [1.807, 2.05) is 18.2 Å². The van der Waals surface area contributed by atoms with Gasteiger partial charge in [0.05, 0.1) is 6.54 Å². The lowest BCUT2D eigenvalue weighted by Crippen LogP contribution is -2.20. The van der Waals surface area contributed by atoms with Crippen molar-refractivity contribution in [2.45, 2.75) is 38.3 Å². The van der Waals surface area contributed by atoms with Gasteiger partial charge in [-0.05, 0) is 42.5 Å². The molecule has 0 fully saturated rings. The fraction of sp³-hybridized carbons (Fsp3) is 0.273. The first kappa shape index (κ1) is 15.2. The van der Waals surface area contributed by atoms with Gasteiger partial charge in [-0.15, -0.1) is 0 Å².